The van der Waals surface area contributed by atoms with Crippen LogP contribution in [0.15, 0.2) is 64.3 Å². The summed E-state index contributed by atoms with van der Waals surface area (Å²) in [6.07, 6.45) is 0. The van der Waals surface area contributed by atoms with E-state index in [2.05, 4.69) is 11.4 Å². The molecule has 2 aromatic rings. The zero-order valence-corrected chi connectivity index (χ0v) is 19.4. The lowest BCUT2D eigenvalue weighted by molar-refractivity contribution is -0.113. The molecule has 4 nitrogen and oxygen atoms in total. The number of Topliss-reactive ketones (excluding diaryl/α,β-unsaturated/α-hetero) is 2. The Morgan fingerprint density at radius 1 is 1.13 bits per heavy atom. The Morgan fingerprint density at radius 2 is 1.84 bits per heavy atom. The van der Waals surface area contributed by atoms with Crippen molar-refractivity contribution in [3.05, 3.63) is 91.6 Å². The first-order chi connectivity index (χ1) is 14.7. The molecule has 0 aliphatic carbocycles. The summed E-state index contributed by atoms with van der Waals surface area (Å²) in [5, 5.41) is 14.2. The third kappa shape index (κ3) is 4.76. The van der Waals surface area contributed by atoms with Crippen LogP contribution >= 0.6 is 23.4 Å². The van der Waals surface area contributed by atoms with Crippen LogP contribution in [0, 0.1) is 25.2 Å². The Morgan fingerprint density at radius 3 is 2.45 bits per heavy atom. The van der Waals surface area contributed by atoms with Gasteiger partial charge in [0.1, 0.15) is 0 Å². The molecule has 0 spiro atoms. The summed E-state index contributed by atoms with van der Waals surface area (Å²) in [6.45, 7) is 7.27. The molecule has 0 saturated carbocycles. The number of carbonyl (C=O) groups excluding carboxylic acids is 2. The van der Waals surface area contributed by atoms with Gasteiger partial charge in [0, 0.05) is 21.9 Å². The molecule has 6 heteroatoms. The van der Waals surface area contributed by atoms with Crippen LogP contribution in [0.3, 0.4) is 0 Å². The molecule has 1 N–H and O–H groups in total. The van der Waals surface area contributed by atoms with Crippen molar-refractivity contribution in [3.8, 4) is 6.07 Å². The number of aryl methyl sites for hydroxylation is 2. The molecule has 1 aliphatic rings. The minimum absolute atomic E-state index is 0.0204. The number of allylic oxidation sites excluding steroid dienone is 3. The van der Waals surface area contributed by atoms with Crippen LogP contribution in [-0.2, 0) is 4.79 Å². The number of carbonyl (C=O) groups is 2. The zero-order chi connectivity index (χ0) is 22.7. The molecule has 0 aromatic heterocycles. The second kappa shape index (κ2) is 9.55. The summed E-state index contributed by atoms with van der Waals surface area (Å²) in [5.74, 6) is -0.545. The summed E-state index contributed by atoms with van der Waals surface area (Å²) in [4.78, 5) is 25.2. The molecule has 0 unspecified atom stereocenters. The van der Waals surface area contributed by atoms with Gasteiger partial charge in [-0.2, -0.15) is 5.26 Å². The van der Waals surface area contributed by atoms with Gasteiger partial charge in [-0.05, 0) is 56.5 Å². The standard InChI is InChI=1S/C25H23ClN2O2S/c1-14-9-10-18(11-15(14)2)22(30)13-31-25-20(12-27)24(19-7-5-6-8-21(19)26)23(17(4)29)16(3)28-25/h5-11,24,28H,13H2,1-4H3/t24-/m0/s1. The van der Waals surface area contributed by atoms with E-state index in [9.17, 15) is 14.9 Å². The SMILES string of the molecule is CC(=O)C1=C(C)NC(SCC(=O)c2ccc(C)c(C)c2)=C(C#N)[C@@H]1c1ccccc1Cl. The summed E-state index contributed by atoms with van der Waals surface area (Å²) in [7, 11) is 0. The summed E-state index contributed by atoms with van der Waals surface area (Å²) in [5.41, 5.74) is 5.10. The number of dihydropyridines is 1. The van der Waals surface area contributed by atoms with E-state index >= 15 is 0 Å². The first-order valence-corrected chi connectivity index (χ1v) is 11.2. The van der Waals surface area contributed by atoms with E-state index in [0.29, 0.717) is 38.0 Å². The highest BCUT2D eigenvalue weighted by Gasteiger charge is 2.34. The molecule has 1 aliphatic heterocycles. The number of rotatable bonds is 6. The van der Waals surface area contributed by atoms with E-state index in [-0.39, 0.29) is 17.3 Å². The maximum atomic E-state index is 12.8. The van der Waals surface area contributed by atoms with E-state index in [4.69, 9.17) is 11.6 Å². The topological polar surface area (TPSA) is 70.0 Å². The molecule has 0 radical (unpaired) electrons. The molecule has 0 amide bonds. The molecule has 1 atom stereocenters. The highest BCUT2D eigenvalue weighted by molar-refractivity contribution is 8.03. The number of ketones is 2. The number of nitriles is 1. The monoisotopic (exact) mass is 450 g/mol. The fraction of sp³-hybridized carbons (Fsp3) is 0.240. The molecule has 1 heterocycles. The fourth-order valence-electron chi connectivity index (χ4n) is 3.65. The number of nitrogens with zero attached hydrogens (tertiary/aromatic N) is 1. The lowest BCUT2D eigenvalue weighted by Crippen LogP contribution is -2.27. The second-order valence-corrected chi connectivity index (χ2v) is 8.93. The van der Waals surface area contributed by atoms with E-state index in [1.165, 1.54) is 18.7 Å². The maximum Gasteiger partial charge on any atom is 0.173 e. The number of hydrogen-bond acceptors (Lipinski definition) is 5. The van der Waals surface area contributed by atoms with Gasteiger partial charge in [0.2, 0.25) is 0 Å². The number of hydrogen-bond donors (Lipinski definition) is 1. The smallest absolute Gasteiger partial charge is 0.173 e. The predicted octanol–water partition coefficient (Wildman–Crippen LogP) is 5.86. The Bertz CT molecular complexity index is 1170. The van der Waals surface area contributed by atoms with Crippen molar-refractivity contribution in [3.63, 3.8) is 0 Å². The Kier molecular flexibility index (Phi) is 7.04. The Balaban J connectivity index is 1.97. The van der Waals surface area contributed by atoms with Crippen LogP contribution < -0.4 is 5.32 Å². The minimum atomic E-state index is -0.573. The van der Waals surface area contributed by atoms with Gasteiger partial charge in [-0.3, -0.25) is 9.59 Å². The van der Waals surface area contributed by atoms with Crippen LogP contribution in [0.1, 0.15) is 46.8 Å². The highest BCUT2D eigenvalue weighted by Crippen LogP contribution is 2.43. The normalized spacial score (nSPS) is 16.1. The number of nitrogens with one attached hydrogen (secondary N) is 1. The summed E-state index contributed by atoms with van der Waals surface area (Å²) in [6, 6.07) is 15.1. The zero-order valence-electron chi connectivity index (χ0n) is 17.9. The quantitative estimate of drug-likeness (QED) is 0.558. The van der Waals surface area contributed by atoms with Crippen molar-refractivity contribution in [2.24, 2.45) is 0 Å². The van der Waals surface area contributed by atoms with Gasteiger partial charge in [-0.15, -0.1) is 0 Å². The van der Waals surface area contributed by atoms with Gasteiger partial charge in [0.05, 0.1) is 28.3 Å². The fourth-order valence-corrected chi connectivity index (χ4v) is 4.88. The Hall–Kier alpha value is -2.81. The van der Waals surface area contributed by atoms with Gasteiger partial charge in [-0.1, -0.05) is 53.7 Å². The predicted molar refractivity (Wildman–Crippen MR) is 126 cm³/mol. The van der Waals surface area contributed by atoms with Crippen LogP contribution in [0.2, 0.25) is 5.02 Å². The summed E-state index contributed by atoms with van der Waals surface area (Å²) >= 11 is 7.71. The van der Waals surface area contributed by atoms with Crippen molar-refractivity contribution >= 4 is 34.9 Å². The molecule has 0 bridgehead atoms. The number of halogens is 1. The average molecular weight is 451 g/mol. The van der Waals surface area contributed by atoms with Gasteiger partial charge in [0.15, 0.2) is 11.6 Å². The minimum Gasteiger partial charge on any atom is -0.353 e. The molecular weight excluding hydrogens is 428 g/mol. The second-order valence-electron chi connectivity index (χ2n) is 7.54. The molecule has 0 saturated heterocycles. The van der Waals surface area contributed by atoms with Crippen molar-refractivity contribution < 1.29 is 9.59 Å². The molecule has 0 fully saturated rings. The van der Waals surface area contributed by atoms with Crippen molar-refractivity contribution in [2.75, 3.05) is 5.75 Å². The molecule has 158 valence electrons. The molecular formula is C25H23ClN2O2S. The molecule has 2 aromatic carbocycles. The Labute approximate surface area is 192 Å². The number of thioether (sulfide) groups is 1. The molecule has 31 heavy (non-hydrogen) atoms. The van der Waals surface area contributed by atoms with Crippen LogP contribution in [0.25, 0.3) is 0 Å². The third-order valence-corrected chi connectivity index (χ3v) is 6.78. The van der Waals surface area contributed by atoms with E-state index in [1.807, 2.05) is 50.2 Å². The van der Waals surface area contributed by atoms with E-state index in [0.717, 1.165) is 11.1 Å². The van der Waals surface area contributed by atoms with Gasteiger partial charge >= 0.3 is 0 Å². The van der Waals surface area contributed by atoms with Gasteiger partial charge in [0.25, 0.3) is 0 Å². The molecule has 3 rings (SSSR count). The largest absolute Gasteiger partial charge is 0.353 e. The lowest BCUT2D eigenvalue weighted by atomic mass is 9.81. The highest BCUT2D eigenvalue weighted by atomic mass is 35.5. The van der Waals surface area contributed by atoms with Crippen LogP contribution in [0.5, 0.6) is 0 Å². The first kappa shape index (κ1) is 22.9. The average Bonchev–Trinajstić information content (AvgIpc) is 2.73. The number of benzene rings is 2. The summed E-state index contributed by atoms with van der Waals surface area (Å²) < 4.78 is 0. The van der Waals surface area contributed by atoms with Crippen LogP contribution in [-0.4, -0.2) is 17.3 Å². The maximum absolute atomic E-state index is 12.8. The van der Waals surface area contributed by atoms with Crippen molar-refractivity contribution in [1.82, 2.24) is 5.32 Å². The van der Waals surface area contributed by atoms with Crippen LogP contribution in [0.4, 0.5) is 0 Å². The van der Waals surface area contributed by atoms with E-state index < -0.39 is 5.92 Å². The van der Waals surface area contributed by atoms with E-state index in [1.54, 1.807) is 13.0 Å². The van der Waals surface area contributed by atoms with Crippen molar-refractivity contribution in [1.29, 1.82) is 5.26 Å². The first-order valence-electron chi connectivity index (χ1n) is 9.85. The third-order valence-electron chi connectivity index (χ3n) is 5.42. The van der Waals surface area contributed by atoms with Gasteiger partial charge < -0.3 is 5.32 Å². The van der Waals surface area contributed by atoms with Gasteiger partial charge in [-0.25, -0.2) is 0 Å². The van der Waals surface area contributed by atoms with Crippen molar-refractivity contribution in [2.45, 2.75) is 33.6 Å². The lowest BCUT2D eigenvalue weighted by Gasteiger charge is -2.29.